The predicted molar refractivity (Wildman–Crippen MR) is 67.3 cm³/mol. The summed E-state index contributed by atoms with van der Waals surface area (Å²) in [5, 5.41) is 2.66. The van der Waals surface area contributed by atoms with Crippen molar-refractivity contribution >= 4 is 11.9 Å². The summed E-state index contributed by atoms with van der Waals surface area (Å²) < 4.78 is 5.50. The van der Waals surface area contributed by atoms with E-state index in [1.807, 2.05) is 12.1 Å². The van der Waals surface area contributed by atoms with Crippen molar-refractivity contribution < 1.29 is 9.53 Å². The van der Waals surface area contributed by atoms with Crippen LogP contribution in [-0.4, -0.2) is 41.7 Å². The second kappa shape index (κ2) is 4.94. The lowest BCUT2D eigenvalue weighted by Gasteiger charge is -2.43. The number of carbonyl (C=O) groups is 1. The highest BCUT2D eigenvalue weighted by Gasteiger charge is 2.36. The number of aromatic nitrogens is 1. The van der Waals surface area contributed by atoms with E-state index in [0.717, 1.165) is 32.5 Å². The molecule has 0 aromatic carbocycles. The Bertz CT molecular complexity index is 416. The Hall–Kier alpha value is -1.62. The molecular formula is C13H17N3O2. The molecule has 5 heteroatoms. The molecule has 2 bridgehead atoms. The van der Waals surface area contributed by atoms with Crippen molar-refractivity contribution in [2.24, 2.45) is 5.92 Å². The quantitative estimate of drug-likeness (QED) is 0.864. The number of amides is 1. The molecule has 1 aromatic heterocycles. The molecule has 1 aromatic rings. The molecule has 1 amide bonds. The van der Waals surface area contributed by atoms with Gasteiger partial charge in [0.1, 0.15) is 11.9 Å². The summed E-state index contributed by atoms with van der Waals surface area (Å²) >= 11 is 0. The topological polar surface area (TPSA) is 54.5 Å². The molecular weight excluding hydrogens is 230 g/mol. The summed E-state index contributed by atoms with van der Waals surface area (Å²) in [6, 6.07) is 5.39. The fraction of sp³-hybridized carbons (Fsp3) is 0.538. The first kappa shape index (κ1) is 11.5. The Morgan fingerprint density at radius 1 is 1.39 bits per heavy atom. The van der Waals surface area contributed by atoms with E-state index in [1.165, 1.54) is 0 Å². The summed E-state index contributed by atoms with van der Waals surface area (Å²) in [6.07, 6.45) is 3.57. The first-order valence-electron chi connectivity index (χ1n) is 6.42. The summed E-state index contributed by atoms with van der Waals surface area (Å²) in [7, 11) is 0. The van der Waals surface area contributed by atoms with Gasteiger partial charge in [-0.3, -0.25) is 10.2 Å². The van der Waals surface area contributed by atoms with Crippen LogP contribution in [0.1, 0.15) is 12.8 Å². The number of carbonyl (C=O) groups excluding carboxylic acids is 1. The number of fused-ring (bicyclic) bond motifs is 3. The number of piperidine rings is 3. The average molecular weight is 247 g/mol. The molecule has 1 unspecified atom stereocenters. The molecule has 4 rings (SSSR count). The van der Waals surface area contributed by atoms with Gasteiger partial charge in [0.2, 0.25) is 0 Å². The minimum Gasteiger partial charge on any atom is -0.444 e. The third kappa shape index (κ3) is 2.46. The maximum Gasteiger partial charge on any atom is 0.413 e. The normalized spacial score (nSPS) is 29.9. The van der Waals surface area contributed by atoms with Gasteiger partial charge >= 0.3 is 6.09 Å². The van der Waals surface area contributed by atoms with E-state index in [-0.39, 0.29) is 6.10 Å². The molecule has 3 aliphatic rings. The standard InChI is InChI=1S/C13H17N3O2/c17-13(15-12-3-1-2-6-14-12)18-11-9-16-7-4-10(11)5-8-16/h1-3,6,10-11H,4-5,7-9H2,(H,14,15,17). The van der Waals surface area contributed by atoms with Crippen LogP contribution in [0.5, 0.6) is 0 Å². The van der Waals surface area contributed by atoms with Crippen molar-refractivity contribution in [1.82, 2.24) is 9.88 Å². The van der Waals surface area contributed by atoms with Gasteiger partial charge in [0, 0.05) is 12.7 Å². The number of rotatable bonds is 2. The molecule has 0 spiro atoms. The van der Waals surface area contributed by atoms with Crippen molar-refractivity contribution in [2.75, 3.05) is 25.0 Å². The molecule has 5 nitrogen and oxygen atoms in total. The molecule has 3 aliphatic heterocycles. The van der Waals surface area contributed by atoms with Crippen LogP contribution in [0.25, 0.3) is 0 Å². The molecule has 96 valence electrons. The van der Waals surface area contributed by atoms with Crippen LogP contribution in [0.15, 0.2) is 24.4 Å². The Labute approximate surface area is 106 Å². The summed E-state index contributed by atoms with van der Waals surface area (Å²) in [6.45, 7) is 3.17. The predicted octanol–water partition coefficient (Wildman–Crippen LogP) is 1.72. The lowest BCUT2D eigenvalue weighted by atomic mass is 9.86. The van der Waals surface area contributed by atoms with Gasteiger partial charge in [-0.15, -0.1) is 0 Å². The Balaban J connectivity index is 1.55. The van der Waals surface area contributed by atoms with E-state index >= 15 is 0 Å². The molecule has 3 saturated heterocycles. The maximum atomic E-state index is 11.8. The van der Waals surface area contributed by atoms with Crippen molar-refractivity contribution in [2.45, 2.75) is 18.9 Å². The van der Waals surface area contributed by atoms with Gasteiger partial charge in [0.15, 0.2) is 0 Å². The lowest BCUT2D eigenvalue weighted by Crippen LogP contribution is -2.52. The third-order valence-corrected chi connectivity index (χ3v) is 3.75. The van der Waals surface area contributed by atoms with Gasteiger partial charge < -0.3 is 4.74 Å². The summed E-state index contributed by atoms with van der Waals surface area (Å²) in [5.41, 5.74) is 0. The van der Waals surface area contributed by atoms with Crippen molar-refractivity contribution in [3.8, 4) is 0 Å². The van der Waals surface area contributed by atoms with Crippen molar-refractivity contribution in [3.63, 3.8) is 0 Å². The molecule has 0 aliphatic carbocycles. The van der Waals surface area contributed by atoms with E-state index in [9.17, 15) is 4.79 Å². The van der Waals surface area contributed by atoms with Gasteiger partial charge in [-0.25, -0.2) is 9.78 Å². The molecule has 0 radical (unpaired) electrons. The Morgan fingerprint density at radius 2 is 2.22 bits per heavy atom. The van der Waals surface area contributed by atoms with Crippen LogP contribution < -0.4 is 5.32 Å². The number of hydrogen-bond acceptors (Lipinski definition) is 4. The summed E-state index contributed by atoms with van der Waals surface area (Å²) in [4.78, 5) is 18.2. The highest BCUT2D eigenvalue weighted by Crippen LogP contribution is 2.29. The number of ether oxygens (including phenoxy) is 1. The molecule has 4 heterocycles. The number of nitrogens with one attached hydrogen (secondary N) is 1. The largest absolute Gasteiger partial charge is 0.444 e. The van der Waals surface area contributed by atoms with E-state index in [0.29, 0.717) is 11.7 Å². The van der Waals surface area contributed by atoms with E-state index in [2.05, 4.69) is 15.2 Å². The Morgan fingerprint density at radius 3 is 2.83 bits per heavy atom. The molecule has 18 heavy (non-hydrogen) atoms. The van der Waals surface area contributed by atoms with Crippen molar-refractivity contribution in [1.29, 1.82) is 0 Å². The molecule has 3 fully saturated rings. The highest BCUT2D eigenvalue weighted by molar-refractivity contribution is 5.83. The van der Waals surface area contributed by atoms with Gasteiger partial charge in [-0.05, 0) is 44.0 Å². The zero-order valence-electron chi connectivity index (χ0n) is 10.2. The smallest absolute Gasteiger partial charge is 0.413 e. The van der Waals surface area contributed by atoms with Crippen LogP contribution in [0.2, 0.25) is 0 Å². The fourth-order valence-corrected chi connectivity index (χ4v) is 2.75. The van der Waals surface area contributed by atoms with Gasteiger partial charge in [-0.2, -0.15) is 0 Å². The average Bonchev–Trinajstić information content (AvgIpc) is 2.41. The SMILES string of the molecule is O=C(Nc1ccccn1)OC1CN2CCC1CC2. The monoisotopic (exact) mass is 247 g/mol. The van der Waals surface area contributed by atoms with Crippen LogP contribution in [0.3, 0.4) is 0 Å². The van der Waals surface area contributed by atoms with Gasteiger partial charge in [-0.1, -0.05) is 6.07 Å². The van der Waals surface area contributed by atoms with E-state index in [1.54, 1.807) is 12.3 Å². The summed E-state index contributed by atoms with van der Waals surface area (Å²) in [5.74, 6) is 1.06. The molecule has 1 N–H and O–H groups in total. The highest BCUT2D eigenvalue weighted by atomic mass is 16.6. The lowest BCUT2D eigenvalue weighted by molar-refractivity contribution is -0.0290. The van der Waals surface area contributed by atoms with Crippen LogP contribution in [0, 0.1) is 5.92 Å². The minimum absolute atomic E-state index is 0.0382. The van der Waals surface area contributed by atoms with Crippen LogP contribution in [-0.2, 0) is 4.74 Å². The second-order valence-electron chi connectivity index (χ2n) is 4.92. The molecule has 0 saturated carbocycles. The first-order chi connectivity index (χ1) is 8.81. The maximum absolute atomic E-state index is 11.8. The number of anilines is 1. The van der Waals surface area contributed by atoms with E-state index in [4.69, 9.17) is 4.74 Å². The number of nitrogens with zero attached hydrogens (tertiary/aromatic N) is 2. The number of hydrogen-bond donors (Lipinski definition) is 1. The van der Waals surface area contributed by atoms with Crippen LogP contribution in [0.4, 0.5) is 10.6 Å². The van der Waals surface area contributed by atoms with Crippen molar-refractivity contribution in [3.05, 3.63) is 24.4 Å². The molecule has 1 atom stereocenters. The van der Waals surface area contributed by atoms with Crippen LogP contribution >= 0.6 is 0 Å². The van der Waals surface area contributed by atoms with Gasteiger partial charge in [0.05, 0.1) is 0 Å². The van der Waals surface area contributed by atoms with E-state index < -0.39 is 6.09 Å². The number of pyridine rings is 1. The zero-order chi connectivity index (χ0) is 12.4. The zero-order valence-corrected chi connectivity index (χ0v) is 10.2. The fourth-order valence-electron chi connectivity index (χ4n) is 2.75. The Kier molecular flexibility index (Phi) is 3.15. The van der Waals surface area contributed by atoms with Gasteiger partial charge in [0.25, 0.3) is 0 Å². The first-order valence-corrected chi connectivity index (χ1v) is 6.42. The third-order valence-electron chi connectivity index (χ3n) is 3.75. The minimum atomic E-state index is -0.396. The second-order valence-corrected chi connectivity index (χ2v) is 4.92.